The number of rotatable bonds is 5. The minimum Gasteiger partial charge on any atom is -0.453 e. The smallest absolute Gasteiger partial charge is 0.416 e. The lowest BCUT2D eigenvalue weighted by Gasteiger charge is -2.32. The van der Waals surface area contributed by atoms with Gasteiger partial charge in [0.05, 0.1) is 24.7 Å². The van der Waals surface area contributed by atoms with Crippen molar-refractivity contribution in [2.24, 2.45) is 0 Å². The first kappa shape index (κ1) is 25.1. The second-order valence-electron chi connectivity index (χ2n) is 8.78. The molecule has 2 heterocycles. The van der Waals surface area contributed by atoms with Crippen LogP contribution in [0, 0.1) is 6.92 Å². The zero-order valence-electron chi connectivity index (χ0n) is 19.7. The molecule has 0 spiro atoms. The van der Waals surface area contributed by atoms with Crippen LogP contribution >= 0.6 is 11.6 Å². The predicted octanol–water partition coefficient (Wildman–Crippen LogP) is 6.97. The lowest BCUT2D eigenvalue weighted by atomic mass is 10.0. The average Bonchev–Trinajstić information content (AvgIpc) is 2.84. The van der Waals surface area contributed by atoms with Crippen LogP contribution in [0.5, 0.6) is 0 Å². The number of aromatic nitrogens is 1. The van der Waals surface area contributed by atoms with Gasteiger partial charge in [-0.1, -0.05) is 29.8 Å². The summed E-state index contributed by atoms with van der Waals surface area (Å²) in [5, 5.41) is 0.924. The molecule has 1 fully saturated rings. The number of piperidine rings is 1. The second-order valence-corrected chi connectivity index (χ2v) is 9.21. The third kappa shape index (κ3) is 5.64. The molecule has 1 aliphatic heterocycles. The van der Waals surface area contributed by atoms with E-state index in [2.05, 4.69) is 4.90 Å². The van der Waals surface area contributed by atoms with Crippen LogP contribution in [0.3, 0.4) is 0 Å². The van der Waals surface area contributed by atoms with Crippen molar-refractivity contribution in [3.63, 3.8) is 0 Å². The van der Waals surface area contributed by atoms with Gasteiger partial charge >= 0.3 is 12.3 Å². The fourth-order valence-corrected chi connectivity index (χ4v) is 4.85. The van der Waals surface area contributed by atoms with Gasteiger partial charge in [0.1, 0.15) is 5.82 Å². The van der Waals surface area contributed by atoms with Gasteiger partial charge < -0.3 is 9.64 Å². The number of halogens is 4. The number of hydrogen-bond acceptors (Lipinski definition) is 4. The first-order valence-corrected chi connectivity index (χ1v) is 11.9. The number of carbonyl (C=O) groups excluding carboxylic acids is 1. The molecular weight excluding hydrogens is 479 g/mol. The van der Waals surface area contributed by atoms with Gasteiger partial charge in [0.2, 0.25) is 0 Å². The van der Waals surface area contributed by atoms with Crippen LogP contribution in [0.1, 0.15) is 41.5 Å². The number of carbonyl (C=O) groups is 1. The number of amides is 1. The zero-order chi connectivity index (χ0) is 25.2. The summed E-state index contributed by atoms with van der Waals surface area (Å²) in [6.45, 7) is 3.75. The third-order valence-electron chi connectivity index (χ3n) is 6.35. The maximum atomic E-state index is 13.3. The first-order valence-electron chi connectivity index (χ1n) is 11.5. The lowest BCUT2D eigenvalue weighted by molar-refractivity contribution is -0.137. The van der Waals surface area contributed by atoms with E-state index in [1.807, 2.05) is 31.2 Å². The largest absolute Gasteiger partial charge is 0.453 e. The molecule has 1 saturated heterocycles. The fraction of sp³-hybridized carbons (Fsp3) is 0.385. The maximum absolute atomic E-state index is 13.3. The number of nitrogens with zero attached hydrogens (tertiary/aromatic N) is 3. The van der Waals surface area contributed by atoms with Crippen LogP contribution in [0.15, 0.2) is 42.5 Å². The van der Waals surface area contributed by atoms with Crippen molar-refractivity contribution in [2.45, 2.75) is 45.5 Å². The van der Waals surface area contributed by atoms with E-state index in [4.69, 9.17) is 21.3 Å². The summed E-state index contributed by atoms with van der Waals surface area (Å²) in [4.78, 5) is 21.3. The number of ether oxygens (including phenoxy) is 1. The summed E-state index contributed by atoms with van der Waals surface area (Å²) in [5.74, 6) is 0.803. The van der Waals surface area contributed by atoms with Gasteiger partial charge in [-0.15, -0.1) is 0 Å². The standard InChI is InChI=1S/C26H27ClF3N3O2/c1-17-21-8-4-5-9-23(21)31-24(32-10-6-3-7-11-32)22(17)16-33(25(34)35-2)15-18-12-19(26(28,29)30)14-20(27)13-18/h4-5,8-9,12-14H,3,6-7,10-11,15-16H2,1-2H3. The first-order chi connectivity index (χ1) is 16.7. The van der Waals surface area contributed by atoms with Crippen molar-refractivity contribution in [1.29, 1.82) is 0 Å². The molecule has 35 heavy (non-hydrogen) atoms. The van der Waals surface area contributed by atoms with Crippen molar-refractivity contribution in [2.75, 3.05) is 25.1 Å². The summed E-state index contributed by atoms with van der Waals surface area (Å²) in [6.07, 6.45) is -1.93. The molecule has 0 aliphatic carbocycles. The molecular formula is C26H27ClF3N3O2. The minimum absolute atomic E-state index is 0.0443. The molecule has 0 saturated carbocycles. The minimum atomic E-state index is -4.55. The molecule has 1 aliphatic rings. The van der Waals surface area contributed by atoms with Gasteiger partial charge in [-0.2, -0.15) is 13.2 Å². The number of alkyl halides is 3. The Balaban J connectivity index is 1.76. The number of anilines is 1. The van der Waals surface area contributed by atoms with Crippen molar-refractivity contribution in [3.05, 3.63) is 69.7 Å². The average molecular weight is 506 g/mol. The van der Waals surface area contributed by atoms with E-state index in [9.17, 15) is 18.0 Å². The van der Waals surface area contributed by atoms with Gasteiger partial charge in [0.15, 0.2) is 0 Å². The SMILES string of the molecule is COC(=O)N(Cc1cc(Cl)cc(C(F)(F)F)c1)Cc1c(N2CCCCC2)nc2ccccc2c1C. The molecule has 0 N–H and O–H groups in total. The Hall–Kier alpha value is -3.00. The molecule has 9 heteroatoms. The fourth-order valence-electron chi connectivity index (χ4n) is 4.59. The Morgan fingerprint density at radius 3 is 2.51 bits per heavy atom. The normalized spacial score (nSPS) is 14.3. The van der Waals surface area contributed by atoms with Crippen LogP contribution < -0.4 is 4.90 Å². The summed E-state index contributed by atoms with van der Waals surface area (Å²) < 4.78 is 45.0. The van der Waals surface area contributed by atoms with E-state index in [1.165, 1.54) is 18.1 Å². The topological polar surface area (TPSA) is 45.7 Å². The Bertz CT molecular complexity index is 1230. The van der Waals surface area contributed by atoms with Crippen LogP contribution in [-0.4, -0.2) is 36.2 Å². The van der Waals surface area contributed by atoms with Gasteiger partial charge in [0.25, 0.3) is 0 Å². The van der Waals surface area contributed by atoms with Gasteiger partial charge in [-0.3, -0.25) is 4.90 Å². The number of methoxy groups -OCH3 is 1. The number of fused-ring (bicyclic) bond motifs is 1. The Morgan fingerprint density at radius 1 is 1.11 bits per heavy atom. The highest BCUT2D eigenvalue weighted by atomic mass is 35.5. The molecule has 3 aromatic rings. The molecule has 2 aromatic carbocycles. The van der Waals surface area contributed by atoms with E-state index >= 15 is 0 Å². The van der Waals surface area contributed by atoms with Gasteiger partial charge in [0, 0.05) is 35.6 Å². The maximum Gasteiger partial charge on any atom is 0.416 e. The lowest BCUT2D eigenvalue weighted by Crippen LogP contribution is -2.34. The van der Waals surface area contributed by atoms with Crippen molar-refractivity contribution < 1.29 is 22.7 Å². The molecule has 0 bridgehead atoms. The van der Waals surface area contributed by atoms with E-state index in [-0.39, 0.29) is 23.7 Å². The molecule has 186 valence electrons. The molecule has 1 amide bonds. The van der Waals surface area contributed by atoms with Crippen LogP contribution in [0.4, 0.5) is 23.8 Å². The molecule has 4 rings (SSSR count). The van der Waals surface area contributed by atoms with E-state index in [1.54, 1.807) is 0 Å². The molecule has 0 radical (unpaired) electrons. The summed E-state index contributed by atoms with van der Waals surface area (Å²) in [6, 6.07) is 11.1. The van der Waals surface area contributed by atoms with Crippen molar-refractivity contribution in [1.82, 2.24) is 9.88 Å². The summed E-state index contributed by atoms with van der Waals surface area (Å²) in [7, 11) is 1.26. The van der Waals surface area contributed by atoms with Gasteiger partial charge in [-0.25, -0.2) is 9.78 Å². The Morgan fingerprint density at radius 2 is 1.83 bits per heavy atom. The van der Waals surface area contributed by atoms with Gasteiger partial charge in [-0.05, 0) is 61.6 Å². The zero-order valence-corrected chi connectivity index (χ0v) is 20.4. The molecule has 0 unspecified atom stereocenters. The third-order valence-corrected chi connectivity index (χ3v) is 6.57. The molecule has 0 atom stereocenters. The number of hydrogen-bond donors (Lipinski definition) is 0. The highest BCUT2D eigenvalue weighted by Gasteiger charge is 2.31. The highest BCUT2D eigenvalue weighted by molar-refractivity contribution is 6.30. The van der Waals surface area contributed by atoms with E-state index < -0.39 is 17.8 Å². The Labute approximate surface area is 207 Å². The summed E-state index contributed by atoms with van der Waals surface area (Å²) in [5.41, 5.74) is 2.10. The molecule has 5 nitrogen and oxygen atoms in total. The second kappa shape index (κ2) is 10.3. The Kier molecular flexibility index (Phi) is 7.40. The van der Waals surface area contributed by atoms with E-state index in [0.29, 0.717) is 0 Å². The number of benzene rings is 2. The monoisotopic (exact) mass is 505 g/mol. The number of pyridine rings is 1. The number of aryl methyl sites for hydroxylation is 1. The summed E-state index contributed by atoms with van der Waals surface area (Å²) >= 11 is 5.98. The molecule has 1 aromatic heterocycles. The van der Waals surface area contributed by atoms with E-state index in [0.717, 1.165) is 72.3 Å². The predicted molar refractivity (Wildman–Crippen MR) is 131 cm³/mol. The van der Waals surface area contributed by atoms with Crippen LogP contribution in [0.2, 0.25) is 5.02 Å². The van der Waals surface area contributed by atoms with Crippen LogP contribution in [0.25, 0.3) is 10.9 Å². The number of para-hydroxylation sites is 1. The quantitative estimate of drug-likeness (QED) is 0.375. The highest BCUT2D eigenvalue weighted by Crippen LogP contribution is 2.34. The van der Waals surface area contributed by atoms with Crippen molar-refractivity contribution in [3.8, 4) is 0 Å². The van der Waals surface area contributed by atoms with Crippen LogP contribution in [-0.2, 0) is 24.0 Å². The van der Waals surface area contributed by atoms with Crippen molar-refractivity contribution >= 4 is 34.4 Å².